The van der Waals surface area contributed by atoms with E-state index >= 15 is 0 Å². The molecule has 0 saturated carbocycles. The molecule has 0 radical (unpaired) electrons. The van der Waals surface area contributed by atoms with Crippen molar-refractivity contribution in [3.63, 3.8) is 0 Å². The van der Waals surface area contributed by atoms with E-state index in [2.05, 4.69) is 25.5 Å². The normalized spacial score (nSPS) is 10.8. The molecule has 0 saturated heterocycles. The van der Waals surface area contributed by atoms with Crippen molar-refractivity contribution in [3.8, 4) is 0 Å². The van der Waals surface area contributed by atoms with Crippen molar-refractivity contribution in [2.75, 3.05) is 5.32 Å². The second kappa shape index (κ2) is 4.27. The first kappa shape index (κ1) is 11.0. The van der Waals surface area contributed by atoms with Crippen LogP contribution in [0.5, 0.6) is 0 Å². The van der Waals surface area contributed by atoms with Crippen LogP contribution in [0.2, 0.25) is 5.28 Å². The second-order valence-corrected chi connectivity index (χ2v) is 4.31. The smallest absolute Gasteiger partial charge is 0.226 e. The summed E-state index contributed by atoms with van der Waals surface area (Å²) in [6.07, 6.45) is 1.67. The van der Waals surface area contributed by atoms with Crippen molar-refractivity contribution in [2.24, 2.45) is 0 Å². The number of anilines is 2. The molecular weight excluding hydrogens is 250 g/mol. The molecule has 90 valence electrons. The number of benzene rings is 1. The van der Waals surface area contributed by atoms with Crippen LogP contribution in [0.15, 0.2) is 30.5 Å². The van der Waals surface area contributed by atoms with Gasteiger partial charge in [0.15, 0.2) is 5.65 Å². The molecule has 0 aliphatic rings. The van der Waals surface area contributed by atoms with E-state index < -0.39 is 0 Å². The van der Waals surface area contributed by atoms with Crippen molar-refractivity contribution >= 4 is 34.1 Å². The number of fused-ring (bicyclic) bond motifs is 1. The van der Waals surface area contributed by atoms with Gasteiger partial charge in [-0.15, -0.1) is 0 Å². The lowest BCUT2D eigenvalue weighted by atomic mass is 10.2. The van der Waals surface area contributed by atoms with E-state index in [1.54, 1.807) is 6.20 Å². The number of halogens is 1. The Morgan fingerprint density at radius 2 is 2.17 bits per heavy atom. The number of hydrogen-bond donors (Lipinski definition) is 2. The van der Waals surface area contributed by atoms with Crippen molar-refractivity contribution in [2.45, 2.75) is 6.92 Å². The summed E-state index contributed by atoms with van der Waals surface area (Å²) in [7, 11) is 0. The molecule has 0 aliphatic heterocycles. The SMILES string of the molecule is Cc1cccc(Nc2nc(Cl)nc3[nH]ncc23)c1. The minimum absolute atomic E-state index is 0.182. The Balaban J connectivity index is 2.06. The highest BCUT2D eigenvalue weighted by Gasteiger charge is 2.08. The van der Waals surface area contributed by atoms with Gasteiger partial charge in [-0.1, -0.05) is 12.1 Å². The Kier molecular flexibility index (Phi) is 2.60. The fraction of sp³-hybridized carbons (Fsp3) is 0.0833. The van der Waals surface area contributed by atoms with Crippen LogP contribution >= 0.6 is 11.6 Å². The molecule has 0 spiro atoms. The Hall–Kier alpha value is -2.14. The van der Waals surface area contributed by atoms with Gasteiger partial charge in [0.2, 0.25) is 5.28 Å². The average molecular weight is 260 g/mol. The van der Waals surface area contributed by atoms with Crippen molar-refractivity contribution in [1.82, 2.24) is 20.2 Å². The molecule has 18 heavy (non-hydrogen) atoms. The van der Waals surface area contributed by atoms with Gasteiger partial charge < -0.3 is 5.32 Å². The zero-order valence-corrected chi connectivity index (χ0v) is 10.4. The van der Waals surface area contributed by atoms with E-state index in [0.29, 0.717) is 11.5 Å². The summed E-state index contributed by atoms with van der Waals surface area (Å²) in [6, 6.07) is 8.01. The topological polar surface area (TPSA) is 66.5 Å². The van der Waals surface area contributed by atoms with E-state index in [1.807, 2.05) is 31.2 Å². The summed E-state index contributed by atoms with van der Waals surface area (Å²) in [5.74, 6) is 0.643. The molecule has 0 unspecified atom stereocenters. The van der Waals surface area contributed by atoms with Crippen molar-refractivity contribution < 1.29 is 0 Å². The number of nitrogens with zero attached hydrogens (tertiary/aromatic N) is 3. The number of aromatic amines is 1. The number of H-pyrrole nitrogens is 1. The van der Waals surface area contributed by atoms with Gasteiger partial charge in [-0.05, 0) is 36.2 Å². The monoisotopic (exact) mass is 259 g/mol. The molecule has 3 aromatic rings. The Labute approximate surface area is 108 Å². The lowest BCUT2D eigenvalue weighted by molar-refractivity contribution is 1.09. The first-order valence-corrected chi connectivity index (χ1v) is 5.80. The summed E-state index contributed by atoms with van der Waals surface area (Å²) in [5.41, 5.74) is 2.74. The molecule has 2 N–H and O–H groups in total. The molecule has 2 aromatic heterocycles. The van der Waals surface area contributed by atoms with Crippen LogP contribution in [-0.4, -0.2) is 20.2 Å². The van der Waals surface area contributed by atoms with Gasteiger partial charge in [-0.2, -0.15) is 15.1 Å². The molecule has 2 heterocycles. The minimum Gasteiger partial charge on any atom is -0.339 e. The van der Waals surface area contributed by atoms with Crippen LogP contribution in [0, 0.1) is 6.92 Å². The van der Waals surface area contributed by atoms with Gasteiger partial charge in [0.05, 0.1) is 11.6 Å². The highest BCUT2D eigenvalue weighted by atomic mass is 35.5. The number of nitrogens with one attached hydrogen (secondary N) is 2. The van der Waals surface area contributed by atoms with Crippen molar-refractivity contribution in [1.29, 1.82) is 0 Å². The third-order valence-corrected chi connectivity index (χ3v) is 2.73. The van der Waals surface area contributed by atoms with Crippen LogP contribution in [0.25, 0.3) is 11.0 Å². The summed E-state index contributed by atoms with van der Waals surface area (Å²) < 4.78 is 0. The van der Waals surface area contributed by atoms with E-state index in [9.17, 15) is 0 Å². The van der Waals surface area contributed by atoms with E-state index in [-0.39, 0.29) is 5.28 Å². The lowest BCUT2D eigenvalue weighted by Gasteiger charge is -2.07. The third kappa shape index (κ3) is 2.00. The fourth-order valence-electron chi connectivity index (χ4n) is 1.76. The Bertz CT molecular complexity index is 707. The first-order chi connectivity index (χ1) is 8.72. The van der Waals surface area contributed by atoms with Crippen LogP contribution in [-0.2, 0) is 0 Å². The highest BCUT2D eigenvalue weighted by molar-refractivity contribution is 6.28. The quantitative estimate of drug-likeness (QED) is 0.694. The standard InChI is InChI=1S/C12H10ClN5/c1-7-3-2-4-8(5-7)15-10-9-6-14-18-11(9)17-12(13)16-10/h2-6H,1H3,(H2,14,15,16,17,18). The molecule has 0 amide bonds. The zero-order valence-electron chi connectivity index (χ0n) is 9.61. The maximum Gasteiger partial charge on any atom is 0.226 e. The van der Waals surface area contributed by atoms with Crippen molar-refractivity contribution in [3.05, 3.63) is 41.3 Å². The fourth-order valence-corrected chi connectivity index (χ4v) is 1.93. The van der Waals surface area contributed by atoms with Crippen LogP contribution in [0.4, 0.5) is 11.5 Å². The highest BCUT2D eigenvalue weighted by Crippen LogP contribution is 2.23. The molecule has 0 bridgehead atoms. The maximum absolute atomic E-state index is 5.87. The van der Waals surface area contributed by atoms with E-state index in [4.69, 9.17) is 11.6 Å². The molecule has 0 fully saturated rings. The number of hydrogen-bond acceptors (Lipinski definition) is 4. The molecule has 3 rings (SSSR count). The van der Waals surface area contributed by atoms with E-state index in [0.717, 1.165) is 11.1 Å². The number of aromatic nitrogens is 4. The predicted octanol–water partition coefficient (Wildman–Crippen LogP) is 3.06. The Morgan fingerprint density at radius 1 is 1.28 bits per heavy atom. The Morgan fingerprint density at radius 3 is 3.00 bits per heavy atom. The molecule has 0 aliphatic carbocycles. The molecule has 1 aromatic carbocycles. The van der Waals surface area contributed by atoms with Gasteiger partial charge in [0, 0.05) is 5.69 Å². The first-order valence-electron chi connectivity index (χ1n) is 5.43. The summed E-state index contributed by atoms with van der Waals surface area (Å²) in [6.45, 7) is 2.03. The van der Waals surface area contributed by atoms with Gasteiger partial charge in [0.25, 0.3) is 0 Å². The van der Waals surface area contributed by atoms with Crippen LogP contribution in [0.3, 0.4) is 0 Å². The lowest BCUT2D eigenvalue weighted by Crippen LogP contribution is -1.96. The summed E-state index contributed by atoms with van der Waals surface area (Å²) in [4.78, 5) is 8.23. The number of aryl methyl sites for hydroxylation is 1. The second-order valence-electron chi connectivity index (χ2n) is 3.97. The molecule has 5 nitrogen and oxygen atoms in total. The number of rotatable bonds is 2. The molecular formula is C12H10ClN5. The van der Waals surface area contributed by atoms with E-state index in [1.165, 1.54) is 5.56 Å². The van der Waals surface area contributed by atoms with Crippen LogP contribution in [0.1, 0.15) is 5.56 Å². The van der Waals surface area contributed by atoms with Gasteiger partial charge >= 0.3 is 0 Å². The predicted molar refractivity (Wildman–Crippen MR) is 71.2 cm³/mol. The van der Waals surface area contributed by atoms with Gasteiger partial charge in [-0.25, -0.2) is 0 Å². The molecule has 0 atom stereocenters. The minimum atomic E-state index is 0.182. The van der Waals surface area contributed by atoms with Crippen LogP contribution < -0.4 is 5.32 Å². The molecule has 6 heteroatoms. The van der Waals surface area contributed by atoms with Gasteiger partial charge in [0.1, 0.15) is 5.82 Å². The van der Waals surface area contributed by atoms with Gasteiger partial charge in [-0.3, -0.25) is 5.10 Å². The summed E-state index contributed by atoms with van der Waals surface area (Å²) >= 11 is 5.87. The third-order valence-electron chi connectivity index (χ3n) is 2.56. The largest absolute Gasteiger partial charge is 0.339 e. The maximum atomic E-state index is 5.87. The zero-order chi connectivity index (χ0) is 12.5. The summed E-state index contributed by atoms with van der Waals surface area (Å²) in [5, 5.41) is 10.9. The average Bonchev–Trinajstić information content (AvgIpc) is 2.77.